The Hall–Kier alpha value is -1.37. The van der Waals surface area contributed by atoms with E-state index in [1.54, 1.807) is 27.2 Å². The van der Waals surface area contributed by atoms with Crippen LogP contribution in [0.3, 0.4) is 0 Å². The first-order valence-corrected chi connectivity index (χ1v) is 6.61. The largest absolute Gasteiger partial charge is 0.475 e. The van der Waals surface area contributed by atoms with Gasteiger partial charge in [-0.2, -0.15) is 0 Å². The summed E-state index contributed by atoms with van der Waals surface area (Å²) < 4.78 is 15.4. The van der Waals surface area contributed by atoms with Crippen LogP contribution in [0, 0.1) is 6.92 Å². The van der Waals surface area contributed by atoms with Crippen molar-refractivity contribution >= 4 is 5.97 Å². The quantitative estimate of drug-likeness (QED) is 0.661. The molecule has 0 aliphatic heterocycles. The monoisotopic (exact) mass is 285 g/mol. The molecule has 1 heterocycles. The molecule has 0 aliphatic carbocycles. The molecule has 0 fully saturated rings. The van der Waals surface area contributed by atoms with E-state index in [9.17, 15) is 4.79 Å². The van der Waals surface area contributed by atoms with Gasteiger partial charge in [0.1, 0.15) is 5.76 Å². The summed E-state index contributed by atoms with van der Waals surface area (Å²) in [6, 6.07) is 1.59. The number of carboxylic acid groups (broad SMARTS) is 1. The van der Waals surface area contributed by atoms with E-state index in [1.807, 2.05) is 0 Å². The highest BCUT2D eigenvalue weighted by atomic mass is 16.5. The van der Waals surface area contributed by atoms with Crippen molar-refractivity contribution in [2.24, 2.45) is 0 Å². The van der Waals surface area contributed by atoms with Gasteiger partial charge in [-0.15, -0.1) is 0 Å². The van der Waals surface area contributed by atoms with Crippen molar-refractivity contribution < 1.29 is 23.8 Å². The number of hydrogen-bond donors (Lipinski definition) is 1. The zero-order valence-corrected chi connectivity index (χ0v) is 12.3. The van der Waals surface area contributed by atoms with Gasteiger partial charge in [-0.1, -0.05) is 0 Å². The van der Waals surface area contributed by atoms with Crippen molar-refractivity contribution in [1.29, 1.82) is 0 Å². The van der Waals surface area contributed by atoms with Crippen LogP contribution in [0.25, 0.3) is 0 Å². The minimum absolute atomic E-state index is 0.0129. The van der Waals surface area contributed by atoms with Gasteiger partial charge in [-0.25, -0.2) is 4.79 Å². The lowest BCUT2D eigenvalue weighted by Gasteiger charge is -2.21. The average Bonchev–Trinajstić information content (AvgIpc) is 2.77. The van der Waals surface area contributed by atoms with Crippen molar-refractivity contribution in [3.05, 3.63) is 23.2 Å². The van der Waals surface area contributed by atoms with Gasteiger partial charge in [-0.3, -0.25) is 4.90 Å². The van der Waals surface area contributed by atoms with Gasteiger partial charge in [0, 0.05) is 46.0 Å². The Labute approximate surface area is 119 Å². The van der Waals surface area contributed by atoms with Gasteiger partial charge >= 0.3 is 5.97 Å². The second kappa shape index (κ2) is 8.73. The third-order valence-corrected chi connectivity index (χ3v) is 3.06. The highest BCUT2D eigenvalue weighted by molar-refractivity contribution is 5.84. The predicted molar refractivity (Wildman–Crippen MR) is 74.1 cm³/mol. The number of rotatable bonds is 10. The third kappa shape index (κ3) is 5.32. The van der Waals surface area contributed by atoms with Gasteiger partial charge in [0.2, 0.25) is 5.76 Å². The van der Waals surface area contributed by atoms with Crippen molar-refractivity contribution in [1.82, 2.24) is 4.90 Å². The van der Waals surface area contributed by atoms with Crippen LogP contribution in [0.4, 0.5) is 0 Å². The molecular weight excluding hydrogens is 262 g/mol. The normalized spacial score (nSPS) is 11.2. The summed E-state index contributed by atoms with van der Waals surface area (Å²) in [5.41, 5.74) is 0.899. The minimum atomic E-state index is -1.04. The molecule has 0 spiro atoms. The first kappa shape index (κ1) is 16.7. The Morgan fingerprint density at radius 1 is 1.30 bits per heavy atom. The molecule has 1 aromatic heterocycles. The number of aromatic carboxylic acids is 1. The lowest BCUT2D eigenvalue weighted by Crippen LogP contribution is -2.28. The van der Waals surface area contributed by atoms with Gasteiger partial charge in [-0.05, 0) is 19.4 Å². The molecular formula is C14H23NO5. The molecule has 1 aromatic rings. The Morgan fingerprint density at radius 2 is 2.00 bits per heavy atom. The third-order valence-electron chi connectivity index (χ3n) is 3.06. The number of aryl methyl sites for hydroxylation is 1. The molecule has 20 heavy (non-hydrogen) atoms. The Balaban J connectivity index is 2.64. The molecule has 0 saturated carbocycles. The smallest absolute Gasteiger partial charge is 0.371 e. The first-order valence-electron chi connectivity index (χ1n) is 6.61. The topological polar surface area (TPSA) is 72.1 Å². The maximum Gasteiger partial charge on any atom is 0.371 e. The summed E-state index contributed by atoms with van der Waals surface area (Å²) in [5, 5.41) is 8.93. The van der Waals surface area contributed by atoms with E-state index >= 15 is 0 Å². The van der Waals surface area contributed by atoms with Crippen molar-refractivity contribution in [2.75, 3.05) is 40.5 Å². The molecule has 0 bridgehead atoms. The number of carbonyl (C=O) groups is 1. The maximum atomic E-state index is 10.9. The van der Waals surface area contributed by atoms with Crippen LogP contribution >= 0.6 is 0 Å². The molecule has 0 radical (unpaired) electrons. The summed E-state index contributed by atoms with van der Waals surface area (Å²) >= 11 is 0. The highest BCUT2D eigenvalue weighted by Crippen LogP contribution is 2.17. The van der Waals surface area contributed by atoms with Gasteiger partial charge in [0.25, 0.3) is 0 Å². The Morgan fingerprint density at radius 3 is 2.55 bits per heavy atom. The summed E-state index contributed by atoms with van der Waals surface area (Å²) in [5.74, 6) is -0.403. The maximum absolute atomic E-state index is 10.9. The van der Waals surface area contributed by atoms with Gasteiger partial charge in [0.15, 0.2) is 0 Å². The summed E-state index contributed by atoms with van der Waals surface area (Å²) in [6.45, 7) is 5.42. The minimum Gasteiger partial charge on any atom is -0.475 e. The molecule has 6 heteroatoms. The molecule has 0 aliphatic rings. The predicted octanol–water partition coefficient (Wildman–Crippen LogP) is 1.77. The summed E-state index contributed by atoms with van der Waals surface area (Å²) in [4.78, 5) is 13.1. The first-order chi connectivity index (χ1) is 9.58. The van der Waals surface area contributed by atoms with E-state index in [4.69, 9.17) is 19.0 Å². The van der Waals surface area contributed by atoms with E-state index in [2.05, 4.69) is 4.90 Å². The van der Waals surface area contributed by atoms with Crippen LogP contribution in [0.2, 0.25) is 0 Å². The van der Waals surface area contributed by atoms with Crippen molar-refractivity contribution in [3.63, 3.8) is 0 Å². The number of methoxy groups -OCH3 is 2. The molecule has 1 rings (SSSR count). The van der Waals surface area contributed by atoms with E-state index in [0.717, 1.165) is 25.1 Å². The Kier molecular flexibility index (Phi) is 7.28. The Bertz CT molecular complexity index is 416. The average molecular weight is 285 g/mol. The zero-order valence-electron chi connectivity index (χ0n) is 12.3. The second-order valence-corrected chi connectivity index (χ2v) is 4.61. The van der Waals surface area contributed by atoms with Crippen molar-refractivity contribution in [3.8, 4) is 0 Å². The van der Waals surface area contributed by atoms with Gasteiger partial charge in [0.05, 0.1) is 6.61 Å². The van der Waals surface area contributed by atoms with E-state index in [1.165, 1.54) is 0 Å². The molecule has 0 atom stereocenters. The molecule has 0 aromatic carbocycles. The van der Waals surface area contributed by atoms with Crippen LogP contribution in [-0.2, 0) is 16.0 Å². The lowest BCUT2D eigenvalue weighted by atomic mass is 10.2. The fraction of sp³-hybridized carbons (Fsp3) is 0.643. The zero-order chi connectivity index (χ0) is 15.0. The molecule has 0 unspecified atom stereocenters. The molecule has 114 valence electrons. The molecule has 1 N–H and O–H groups in total. The molecule has 0 amide bonds. The highest BCUT2D eigenvalue weighted by Gasteiger charge is 2.15. The van der Waals surface area contributed by atoms with E-state index < -0.39 is 5.97 Å². The molecule has 0 saturated heterocycles. The SMILES string of the molecule is COCCCN(CCOC)Cc1cc(C(=O)O)oc1C. The fourth-order valence-electron chi connectivity index (χ4n) is 1.95. The van der Waals surface area contributed by atoms with E-state index in [-0.39, 0.29) is 5.76 Å². The second-order valence-electron chi connectivity index (χ2n) is 4.61. The van der Waals surface area contributed by atoms with Crippen LogP contribution in [-0.4, -0.2) is 56.5 Å². The summed E-state index contributed by atoms with van der Waals surface area (Å²) in [6.07, 6.45) is 0.920. The van der Waals surface area contributed by atoms with Crippen LogP contribution in [0.15, 0.2) is 10.5 Å². The number of carboxylic acids is 1. The summed E-state index contributed by atoms with van der Waals surface area (Å²) in [7, 11) is 3.35. The number of ether oxygens (including phenoxy) is 2. The van der Waals surface area contributed by atoms with Crippen molar-refractivity contribution in [2.45, 2.75) is 19.9 Å². The van der Waals surface area contributed by atoms with Crippen LogP contribution < -0.4 is 0 Å². The fourth-order valence-corrected chi connectivity index (χ4v) is 1.95. The van der Waals surface area contributed by atoms with E-state index in [0.29, 0.717) is 25.5 Å². The molecule has 6 nitrogen and oxygen atoms in total. The van der Waals surface area contributed by atoms with Crippen LogP contribution in [0.5, 0.6) is 0 Å². The standard InChI is InChI=1S/C14H23NO5/c1-11-12(9-13(20-11)14(16)17)10-15(6-8-19-3)5-4-7-18-2/h9H,4-8,10H2,1-3H3,(H,16,17). The van der Waals surface area contributed by atoms with Crippen LogP contribution in [0.1, 0.15) is 28.3 Å². The number of nitrogens with zero attached hydrogens (tertiary/aromatic N) is 1. The van der Waals surface area contributed by atoms with Gasteiger partial charge < -0.3 is 19.0 Å². The number of hydrogen-bond acceptors (Lipinski definition) is 5. The number of furan rings is 1. The lowest BCUT2D eigenvalue weighted by molar-refractivity contribution is 0.0661.